The van der Waals surface area contributed by atoms with Crippen LogP contribution >= 0.6 is 0 Å². The van der Waals surface area contributed by atoms with E-state index in [-0.39, 0.29) is 0 Å². The highest BCUT2D eigenvalue weighted by atomic mass is 15.0. The van der Waals surface area contributed by atoms with Gasteiger partial charge in [0.25, 0.3) is 0 Å². The Morgan fingerprint density at radius 1 is 0.475 bits per heavy atom. The second-order valence-electron chi connectivity index (χ2n) is 10.6. The van der Waals surface area contributed by atoms with Crippen LogP contribution in [0, 0.1) is 0 Å². The third kappa shape index (κ3) is 2.38. The lowest BCUT2D eigenvalue weighted by Gasteiger charge is -2.08. The van der Waals surface area contributed by atoms with Gasteiger partial charge in [-0.2, -0.15) is 0 Å². The molecule has 6 aromatic carbocycles. The van der Waals surface area contributed by atoms with Gasteiger partial charge in [0.1, 0.15) is 5.52 Å². The SMILES string of the molecule is c1ccc(-n2c3ccccc3c3c4c5c6ccccc6ccc5n5c6nc7ccccc7nc6c(cc32)c45)cc1. The van der Waals surface area contributed by atoms with Gasteiger partial charge < -0.3 is 4.57 Å². The van der Waals surface area contributed by atoms with Crippen molar-refractivity contribution in [3.63, 3.8) is 0 Å². The Morgan fingerprint density at radius 2 is 1.18 bits per heavy atom. The number of rotatable bonds is 1. The standard InChI is InChI=1S/C36H20N4/c1-2-11-22(12-3-1)39-28-17-9-6-14-24(28)32-30(39)20-25-34-36(38-27-16-8-7-15-26(27)37-34)40-29-19-18-21-10-4-5-13-23(21)31(29)33(32)35(25)40/h1-20H. The van der Waals surface area contributed by atoms with E-state index in [1.165, 1.54) is 54.4 Å². The molecule has 4 nitrogen and oxygen atoms in total. The summed E-state index contributed by atoms with van der Waals surface area (Å²) in [5.41, 5.74) is 9.58. The minimum Gasteiger partial charge on any atom is -0.309 e. The Bertz CT molecular complexity index is 2640. The minimum absolute atomic E-state index is 0.909. The fourth-order valence-corrected chi connectivity index (χ4v) is 7.01. The molecule has 10 rings (SSSR count). The highest BCUT2D eigenvalue weighted by Crippen LogP contribution is 2.47. The predicted octanol–water partition coefficient (Wildman–Crippen LogP) is 9.03. The van der Waals surface area contributed by atoms with Crippen molar-refractivity contribution >= 4 is 82.0 Å². The van der Waals surface area contributed by atoms with Gasteiger partial charge in [0.15, 0.2) is 5.65 Å². The van der Waals surface area contributed by atoms with Crippen molar-refractivity contribution in [1.82, 2.24) is 18.9 Å². The number of fused-ring (bicyclic) bond motifs is 13. The normalized spacial score (nSPS) is 12.5. The van der Waals surface area contributed by atoms with Crippen molar-refractivity contribution in [2.24, 2.45) is 0 Å². The summed E-state index contributed by atoms with van der Waals surface area (Å²) in [4.78, 5) is 10.4. The number of para-hydroxylation sites is 4. The van der Waals surface area contributed by atoms with E-state index in [1.54, 1.807) is 0 Å². The molecule has 0 atom stereocenters. The molecule has 0 spiro atoms. The van der Waals surface area contributed by atoms with E-state index in [0.717, 1.165) is 33.3 Å². The lowest BCUT2D eigenvalue weighted by atomic mass is 9.99. The van der Waals surface area contributed by atoms with E-state index in [2.05, 4.69) is 118 Å². The number of benzene rings is 6. The molecule has 0 saturated heterocycles. The second-order valence-corrected chi connectivity index (χ2v) is 10.6. The van der Waals surface area contributed by atoms with E-state index in [4.69, 9.17) is 9.97 Å². The maximum atomic E-state index is 5.21. The summed E-state index contributed by atoms with van der Waals surface area (Å²) in [6.45, 7) is 0. The number of hydrogen-bond acceptors (Lipinski definition) is 2. The van der Waals surface area contributed by atoms with Crippen molar-refractivity contribution in [2.75, 3.05) is 0 Å². The Balaban J connectivity index is 1.59. The van der Waals surface area contributed by atoms with Gasteiger partial charge in [-0.3, -0.25) is 4.40 Å². The molecule has 0 aliphatic rings. The highest BCUT2D eigenvalue weighted by Gasteiger charge is 2.26. The van der Waals surface area contributed by atoms with Crippen LogP contribution in [0.1, 0.15) is 0 Å². The minimum atomic E-state index is 0.909. The summed E-state index contributed by atoms with van der Waals surface area (Å²) in [6.07, 6.45) is 0. The van der Waals surface area contributed by atoms with Crippen LogP contribution in [0.25, 0.3) is 87.7 Å². The smallest absolute Gasteiger partial charge is 0.165 e. The van der Waals surface area contributed by atoms with Crippen LogP contribution in [0.15, 0.2) is 121 Å². The van der Waals surface area contributed by atoms with Gasteiger partial charge >= 0.3 is 0 Å². The first-order valence-corrected chi connectivity index (χ1v) is 13.6. The van der Waals surface area contributed by atoms with Crippen LogP contribution in [-0.4, -0.2) is 18.9 Å². The summed E-state index contributed by atoms with van der Waals surface area (Å²) in [6, 6.07) is 43.2. The molecule has 0 amide bonds. The van der Waals surface area contributed by atoms with Gasteiger partial charge in [0.2, 0.25) is 0 Å². The first-order valence-electron chi connectivity index (χ1n) is 13.6. The maximum Gasteiger partial charge on any atom is 0.165 e. The van der Waals surface area contributed by atoms with Gasteiger partial charge in [0, 0.05) is 32.6 Å². The first kappa shape index (κ1) is 20.5. The molecule has 4 heterocycles. The van der Waals surface area contributed by atoms with Crippen molar-refractivity contribution in [1.29, 1.82) is 0 Å². The molecule has 10 aromatic rings. The molecule has 0 N–H and O–H groups in total. The van der Waals surface area contributed by atoms with E-state index < -0.39 is 0 Å². The molecule has 4 aromatic heterocycles. The molecule has 0 fully saturated rings. The van der Waals surface area contributed by atoms with E-state index in [0.29, 0.717) is 0 Å². The van der Waals surface area contributed by atoms with Crippen LogP contribution < -0.4 is 0 Å². The highest BCUT2D eigenvalue weighted by molar-refractivity contribution is 6.38. The molecule has 0 aliphatic carbocycles. The molecular weight excluding hydrogens is 488 g/mol. The quantitative estimate of drug-likeness (QED) is 0.222. The van der Waals surface area contributed by atoms with Crippen LogP contribution in [0.5, 0.6) is 0 Å². The predicted molar refractivity (Wildman–Crippen MR) is 166 cm³/mol. The topological polar surface area (TPSA) is 35.1 Å². The first-order chi connectivity index (χ1) is 19.9. The van der Waals surface area contributed by atoms with Crippen molar-refractivity contribution < 1.29 is 0 Å². The Kier molecular flexibility index (Phi) is 3.65. The molecule has 40 heavy (non-hydrogen) atoms. The molecular formula is C36H20N4. The van der Waals surface area contributed by atoms with Gasteiger partial charge in [-0.25, -0.2) is 9.97 Å². The maximum absolute atomic E-state index is 5.21. The largest absolute Gasteiger partial charge is 0.309 e. The number of hydrogen-bond donors (Lipinski definition) is 0. The molecule has 4 heteroatoms. The van der Waals surface area contributed by atoms with Crippen LogP contribution in [-0.2, 0) is 0 Å². The molecule has 0 saturated carbocycles. The molecule has 184 valence electrons. The number of aromatic nitrogens is 4. The summed E-state index contributed by atoms with van der Waals surface area (Å²) in [5.74, 6) is 0. The fourth-order valence-electron chi connectivity index (χ4n) is 7.01. The van der Waals surface area contributed by atoms with Crippen molar-refractivity contribution in [2.45, 2.75) is 0 Å². The average Bonchev–Trinajstić information content (AvgIpc) is 3.64. The molecule has 0 unspecified atom stereocenters. The molecule has 0 radical (unpaired) electrons. The van der Waals surface area contributed by atoms with Gasteiger partial charge in [-0.05, 0) is 53.2 Å². The third-order valence-corrected chi connectivity index (χ3v) is 8.59. The lowest BCUT2D eigenvalue weighted by Crippen LogP contribution is -1.93. The zero-order valence-corrected chi connectivity index (χ0v) is 21.3. The van der Waals surface area contributed by atoms with Gasteiger partial charge in [-0.15, -0.1) is 0 Å². The zero-order valence-electron chi connectivity index (χ0n) is 21.3. The monoisotopic (exact) mass is 508 g/mol. The summed E-state index contributed by atoms with van der Waals surface area (Å²) in [7, 11) is 0. The second kappa shape index (κ2) is 7.13. The molecule has 0 aliphatic heterocycles. The van der Waals surface area contributed by atoms with Crippen molar-refractivity contribution in [3.05, 3.63) is 121 Å². The van der Waals surface area contributed by atoms with Crippen LogP contribution in [0.4, 0.5) is 0 Å². The van der Waals surface area contributed by atoms with Crippen LogP contribution in [0.3, 0.4) is 0 Å². The summed E-state index contributed by atoms with van der Waals surface area (Å²) < 4.78 is 4.76. The van der Waals surface area contributed by atoms with Crippen molar-refractivity contribution in [3.8, 4) is 5.69 Å². The van der Waals surface area contributed by atoms with Crippen LogP contribution in [0.2, 0.25) is 0 Å². The third-order valence-electron chi connectivity index (χ3n) is 8.59. The van der Waals surface area contributed by atoms with E-state index >= 15 is 0 Å². The Hall–Kier alpha value is -5.48. The van der Waals surface area contributed by atoms with E-state index in [1.807, 2.05) is 12.1 Å². The summed E-state index contributed by atoms with van der Waals surface area (Å²) in [5, 5.41) is 8.71. The zero-order chi connectivity index (χ0) is 25.9. The number of nitrogens with zero attached hydrogens (tertiary/aromatic N) is 4. The Labute approximate surface area is 227 Å². The Morgan fingerprint density at radius 3 is 2.05 bits per heavy atom. The fraction of sp³-hybridized carbons (Fsp3) is 0. The van der Waals surface area contributed by atoms with Gasteiger partial charge in [-0.1, -0.05) is 78.9 Å². The van der Waals surface area contributed by atoms with Gasteiger partial charge in [0.05, 0.1) is 33.1 Å². The average molecular weight is 509 g/mol. The van der Waals surface area contributed by atoms with E-state index in [9.17, 15) is 0 Å². The summed E-state index contributed by atoms with van der Waals surface area (Å²) >= 11 is 0. The molecule has 0 bridgehead atoms. The lowest BCUT2D eigenvalue weighted by molar-refractivity contribution is 1.18.